The second kappa shape index (κ2) is 10.2. The van der Waals surface area contributed by atoms with Gasteiger partial charge in [0.1, 0.15) is 5.75 Å². The standard InChI is InChI=1S/C21H32O5SSi/c1-15(13-20(24)25)12-18(27-11-10-19(22)23)16-8-7-9-17(14-16)26-28(5,6)21(2,3)4/h7-9,13-14,18H,10-12H2,1-6H3,(H,22,23)(H,24,25). The topological polar surface area (TPSA) is 83.8 Å². The van der Waals surface area contributed by atoms with E-state index in [1.807, 2.05) is 24.3 Å². The number of carbonyl (C=O) groups is 2. The van der Waals surface area contributed by atoms with Gasteiger partial charge in [-0.2, -0.15) is 11.8 Å². The highest BCUT2D eigenvalue weighted by Crippen LogP contribution is 2.40. The second-order valence-corrected chi connectivity index (χ2v) is 14.5. The minimum Gasteiger partial charge on any atom is -0.543 e. The van der Waals surface area contributed by atoms with E-state index >= 15 is 0 Å². The van der Waals surface area contributed by atoms with E-state index in [1.165, 1.54) is 17.8 Å². The Morgan fingerprint density at radius 1 is 1.25 bits per heavy atom. The first-order valence-corrected chi connectivity index (χ1v) is 13.3. The van der Waals surface area contributed by atoms with Gasteiger partial charge in [-0.1, -0.05) is 38.5 Å². The fourth-order valence-electron chi connectivity index (χ4n) is 2.35. The van der Waals surface area contributed by atoms with Gasteiger partial charge in [0, 0.05) is 17.1 Å². The maximum atomic E-state index is 11.0. The van der Waals surface area contributed by atoms with Crippen molar-refractivity contribution in [3.8, 4) is 5.75 Å². The second-order valence-electron chi connectivity index (χ2n) is 8.47. The van der Waals surface area contributed by atoms with Crippen LogP contribution in [-0.2, 0) is 9.59 Å². The molecule has 1 aromatic rings. The molecule has 0 bridgehead atoms. The number of thioether (sulfide) groups is 1. The Bertz CT molecular complexity index is 722. The molecule has 0 heterocycles. The molecule has 0 saturated heterocycles. The lowest BCUT2D eigenvalue weighted by atomic mass is 10.0. The molecule has 28 heavy (non-hydrogen) atoms. The Morgan fingerprint density at radius 3 is 2.43 bits per heavy atom. The minimum absolute atomic E-state index is 0.0297. The molecule has 7 heteroatoms. The van der Waals surface area contributed by atoms with Crippen LogP contribution in [0.2, 0.25) is 18.1 Å². The maximum absolute atomic E-state index is 11.0. The summed E-state index contributed by atoms with van der Waals surface area (Å²) in [6.07, 6.45) is 1.82. The van der Waals surface area contributed by atoms with Crippen LogP contribution < -0.4 is 4.43 Å². The average Bonchev–Trinajstić information content (AvgIpc) is 2.51. The number of allylic oxidation sites excluding steroid dienone is 1. The minimum atomic E-state index is -1.97. The van der Waals surface area contributed by atoms with E-state index in [2.05, 4.69) is 33.9 Å². The summed E-state index contributed by atoms with van der Waals surface area (Å²) >= 11 is 1.53. The van der Waals surface area contributed by atoms with Crippen molar-refractivity contribution < 1.29 is 24.2 Å². The van der Waals surface area contributed by atoms with E-state index in [0.29, 0.717) is 12.2 Å². The molecule has 1 rings (SSSR count). The van der Waals surface area contributed by atoms with Crippen molar-refractivity contribution in [1.82, 2.24) is 0 Å². The predicted molar refractivity (Wildman–Crippen MR) is 118 cm³/mol. The van der Waals surface area contributed by atoms with Gasteiger partial charge in [-0.05, 0) is 49.2 Å². The Hall–Kier alpha value is -1.73. The lowest BCUT2D eigenvalue weighted by Crippen LogP contribution is -2.43. The normalized spacial score (nSPS) is 13.9. The first kappa shape index (κ1) is 24.3. The maximum Gasteiger partial charge on any atom is 0.328 e. The van der Waals surface area contributed by atoms with Gasteiger partial charge in [0.2, 0.25) is 8.32 Å². The van der Waals surface area contributed by atoms with E-state index in [0.717, 1.165) is 16.9 Å². The zero-order valence-corrected chi connectivity index (χ0v) is 19.4. The fraction of sp³-hybridized carbons (Fsp3) is 0.524. The van der Waals surface area contributed by atoms with Crippen LogP contribution in [0, 0.1) is 0 Å². The lowest BCUT2D eigenvalue weighted by molar-refractivity contribution is -0.136. The van der Waals surface area contributed by atoms with Gasteiger partial charge in [-0.15, -0.1) is 0 Å². The molecule has 0 aliphatic heterocycles. The Labute approximate surface area is 173 Å². The molecule has 0 saturated carbocycles. The van der Waals surface area contributed by atoms with Crippen LogP contribution in [0.3, 0.4) is 0 Å². The number of carboxylic acids is 2. The number of hydrogen-bond donors (Lipinski definition) is 2. The summed E-state index contributed by atoms with van der Waals surface area (Å²) < 4.78 is 6.40. The Balaban J connectivity index is 3.08. The number of hydrogen-bond acceptors (Lipinski definition) is 4. The summed E-state index contributed by atoms with van der Waals surface area (Å²) in [5.74, 6) is -0.526. The first-order chi connectivity index (χ1) is 12.8. The van der Waals surface area contributed by atoms with Crippen molar-refractivity contribution in [3.05, 3.63) is 41.5 Å². The van der Waals surface area contributed by atoms with Crippen LogP contribution in [0.5, 0.6) is 5.75 Å². The number of benzene rings is 1. The van der Waals surface area contributed by atoms with Gasteiger partial charge in [0.05, 0.1) is 6.42 Å². The van der Waals surface area contributed by atoms with Crippen LogP contribution in [0.4, 0.5) is 0 Å². The summed E-state index contributed by atoms with van der Waals surface area (Å²) in [6, 6.07) is 7.89. The summed E-state index contributed by atoms with van der Waals surface area (Å²) in [5, 5.41) is 18.0. The monoisotopic (exact) mass is 424 g/mol. The van der Waals surface area contributed by atoms with E-state index in [9.17, 15) is 9.59 Å². The molecule has 0 spiro atoms. The summed E-state index contributed by atoms with van der Waals surface area (Å²) in [4.78, 5) is 21.8. The van der Waals surface area contributed by atoms with Crippen molar-refractivity contribution in [2.75, 3.05) is 5.75 Å². The van der Waals surface area contributed by atoms with Gasteiger partial charge in [0.15, 0.2) is 0 Å². The van der Waals surface area contributed by atoms with Crippen molar-refractivity contribution in [1.29, 1.82) is 0 Å². The molecule has 0 amide bonds. The molecular formula is C21H32O5SSi. The summed E-state index contributed by atoms with van der Waals surface area (Å²) in [6.45, 7) is 12.7. The van der Waals surface area contributed by atoms with E-state index in [-0.39, 0.29) is 16.7 Å². The largest absolute Gasteiger partial charge is 0.543 e. The number of rotatable bonds is 10. The van der Waals surface area contributed by atoms with Crippen LogP contribution in [-0.4, -0.2) is 36.2 Å². The number of aliphatic carboxylic acids is 2. The highest BCUT2D eigenvalue weighted by Gasteiger charge is 2.39. The third kappa shape index (κ3) is 8.10. The third-order valence-corrected chi connectivity index (χ3v) is 10.6. The smallest absolute Gasteiger partial charge is 0.328 e. The molecule has 0 fully saturated rings. The lowest BCUT2D eigenvalue weighted by Gasteiger charge is -2.36. The van der Waals surface area contributed by atoms with E-state index in [4.69, 9.17) is 14.6 Å². The van der Waals surface area contributed by atoms with Crippen LogP contribution in [0.25, 0.3) is 0 Å². The third-order valence-electron chi connectivity index (χ3n) is 4.92. The average molecular weight is 425 g/mol. The molecule has 0 aromatic heterocycles. The summed E-state index contributed by atoms with van der Waals surface area (Å²) in [7, 11) is -1.97. The SMILES string of the molecule is CC(=CC(=O)O)CC(SCCC(=O)O)c1cccc(O[Si](C)(C)C(C)(C)C)c1. The van der Waals surface area contributed by atoms with Crippen molar-refractivity contribution in [3.63, 3.8) is 0 Å². The first-order valence-electron chi connectivity index (χ1n) is 9.34. The van der Waals surface area contributed by atoms with Gasteiger partial charge in [-0.3, -0.25) is 4.79 Å². The summed E-state index contributed by atoms with van der Waals surface area (Å²) in [5.41, 5.74) is 1.76. The van der Waals surface area contributed by atoms with Crippen LogP contribution in [0.1, 0.15) is 51.3 Å². The molecule has 0 radical (unpaired) electrons. The van der Waals surface area contributed by atoms with E-state index in [1.54, 1.807) is 6.92 Å². The molecule has 156 valence electrons. The van der Waals surface area contributed by atoms with Crippen molar-refractivity contribution >= 4 is 32.0 Å². The quantitative estimate of drug-likeness (QED) is 0.368. The molecular weight excluding hydrogens is 392 g/mol. The van der Waals surface area contributed by atoms with Crippen molar-refractivity contribution in [2.45, 2.75) is 63.9 Å². The van der Waals surface area contributed by atoms with Crippen LogP contribution in [0.15, 0.2) is 35.9 Å². The molecule has 2 N–H and O–H groups in total. The highest BCUT2D eigenvalue weighted by molar-refractivity contribution is 7.99. The molecule has 0 aliphatic carbocycles. The number of carboxylic acid groups (broad SMARTS) is 2. The Morgan fingerprint density at radius 2 is 1.89 bits per heavy atom. The van der Waals surface area contributed by atoms with Crippen LogP contribution >= 0.6 is 11.8 Å². The zero-order chi connectivity index (χ0) is 21.5. The molecule has 1 unspecified atom stereocenters. The van der Waals surface area contributed by atoms with E-state index < -0.39 is 20.3 Å². The molecule has 5 nitrogen and oxygen atoms in total. The zero-order valence-electron chi connectivity index (χ0n) is 17.6. The predicted octanol–water partition coefficient (Wildman–Crippen LogP) is 5.74. The van der Waals surface area contributed by atoms with Gasteiger partial charge < -0.3 is 14.6 Å². The molecule has 1 aromatic carbocycles. The molecule has 1 atom stereocenters. The molecule has 0 aliphatic rings. The van der Waals surface area contributed by atoms with Crippen molar-refractivity contribution in [2.24, 2.45) is 0 Å². The van der Waals surface area contributed by atoms with Gasteiger partial charge in [-0.25, -0.2) is 4.79 Å². The Kier molecular flexibility index (Phi) is 8.82. The van der Waals surface area contributed by atoms with Gasteiger partial charge in [0.25, 0.3) is 0 Å². The fourth-order valence-corrected chi connectivity index (χ4v) is 4.67. The van der Waals surface area contributed by atoms with Gasteiger partial charge >= 0.3 is 11.9 Å². The highest BCUT2D eigenvalue weighted by atomic mass is 32.2.